The molecule has 1 amide bonds. The molecule has 2 N–H and O–H groups in total. The van der Waals surface area contributed by atoms with Crippen LogP contribution in [0.2, 0.25) is 0 Å². The molecule has 0 aromatic heterocycles. The van der Waals surface area contributed by atoms with Crippen molar-refractivity contribution in [2.45, 2.75) is 20.8 Å². The maximum Gasteiger partial charge on any atom is 0.229 e. The van der Waals surface area contributed by atoms with E-state index in [2.05, 4.69) is 10.6 Å². The average Bonchev–Trinajstić information content (AvgIpc) is 2.36. The molecule has 0 aliphatic rings. The van der Waals surface area contributed by atoms with Crippen LogP contribution in [-0.2, 0) is 4.79 Å². The summed E-state index contributed by atoms with van der Waals surface area (Å²) in [6.45, 7) is 6.23. The largest absolute Gasteiger partial charge is 0.326 e. The molecular weight excluding hydrogens is 240 g/mol. The summed E-state index contributed by atoms with van der Waals surface area (Å²) in [5, 5.41) is 5.92. The summed E-state index contributed by atoms with van der Waals surface area (Å²) >= 11 is 0. The Bertz CT molecular complexity index is 438. The number of ketones is 1. The predicted molar refractivity (Wildman–Crippen MR) is 77.3 cm³/mol. The van der Waals surface area contributed by atoms with E-state index in [1.165, 1.54) is 6.92 Å². The fourth-order valence-corrected chi connectivity index (χ4v) is 1.87. The number of rotatable bonds is 6. The van der Waals surface area contributed by atoms with Crippen LogP contribution in [0.5, 0.6) is 0 Å². The molecule has 0 bridgehead atoms. The van der Waals surface area contributed by atoms with Gasteiger partial charge >= 0.3 is 0 Å². The Labute approximate surface area is 114 Å². The van der Waals surface area contributed by atoms with E-state index in [0.29, 0.717) is 12.1 Å². The zero-order valence-corrected chi connectivity index (χ0v) is 12.0. The monoisotopic (exact) mass is 262 g/mol. The Morgan fingerprint density at radius 3 is 2.16 bits per heavy atom. The van der Waals surface area contributed by atoms with E-state index >= 15 is 0 Å². The van der Waals surface area contributed by atoms with E-state index in [-0.39, 0.29) is 23.5 Å². The molecule has 0 saturated carbocycles. The van der Waals surface area contributed by atoms with Crippen LogP contribution in [0.15, 0.2) is 24.3 Å². The topological polar surface area (TPSA) is 58.2 Å². The van der Waals surface area contributed by atoms with Crippen molar-refractivity contribution in [3.05, 3.63) is 29.8 Å². The van der Waals surface area contributed by atoms with Gasteiger partial charge in [-0.3, -0.25) is 9.59 Å². The fraction of sp³-hybridized carbons (Fsp3) is 0.467. The van der Waals surface area contributed by atoms with E-state index in [1.54, 1.807) is 24.3 Å². The van der Waals surface area contributed by atoms with Gasteiger partial charge in [0.05, 0.1) is 5.92 Å². The molecule has 1 rings (SSSR count). The van der Waals surface area contributed by atoms with E-state index in [1.807, 2.05) is 20.9 Å². The Hall–Kier alpha value is -1.68. The number of carbonyl (C=O) groups is 2. The molecule has 0 radical (unpaired) electrons. The van der Waals surface area contributed by atoms with Gasteiger partial charge in [-0.2, -0.15) is 0 Å². The van der Waals surface area contributed by atoms with Crippen molar-refractivity contribution in [3.8, 4) is 0 Å². The van der Waals surface area contributed by atoms with Gasteiger partial charge in [-0.05, 0) is 44.2 Å². The van der Waals surface area contributed by atoms with Gasteiger partial charge in [0.15, 0.2) is 5.78 Å². The molecule has 19 heavy (non-hydrogen) atoms. The van der Waals surface area contributed by atoms with Gasteiger partial charge in [-0.15, -0.1) is 0 Å². The lowest BCUT2D eigenvalue weighted by molar-refractivity contribution is -0.120. The van der Waals surface area contributed by atoms with Gasteiger partial charge in [0, 0.05) is 17.8 Å². The van der Waals surface area contributed by atoms with Crippen LogP contribution < -0.4 is 10.6 Å². The van der Waals surface area contributed by atoms with Crippen LogP contribution >= 0.6 is 0 Å². The molecule has 0 heterocycles. The lowest BCUT2D eigenvalue weighted by atomic mass is 9.95. The highest BCUT2D eigenvalue weighted by molar-refractivity contribution is 5.96. The molecule has 0 spiro atoms. The van der Waals surface area contributed by atoms with Gasteiger partial charge < -0.3 is 10.6 Å². The lowest BCUT2D eigenvalue weighted by Crippen LogP contribution is -2.34. The highest BCUT2D eigenvalue weighted by Crippen LogP contribution is 2.15. The zero-order valence-electron chi connectivity index (χ0n) is 12.0. The second kappa shape index (κ2) is 7.04. The van der Waals surface area contributed by atoms with E-state index in [0.717, 1.165) is 5.69 Å². The van der Waals surface area contributed by atoms with Gasteiger partial charge in [-0.1, -0.05) is 13.8 Å². The number of nitrogens with one attached hydrogen (secondary N) is 2. The van der Waals surface area contributed by atoms with Crippen molar-refractivity contribution < 1.29 is 9.59 Å². The molecule has 0 saturated heterocycles. The number of Topliss-reactive ketones (excluding diaryl/α,β-unsaturated/α-hetero) is 1. The Morgan fingerprint density at radius 2 is 1.74 bits per heavy atom. The third kappa shape index (κ3) is 4.48. The first kappa shape index (κ1) is 15.4. The second-order valence-electron chi connectivity index (χ2n) is 5.03. The molecule has 1 atom stereocenters. The van der Waals surface area contributed by atoms with Gasteiger partial charge in [-0.25, -0.2) is 0 Å². The van der Waals surface area contributed by atoms with Crippen LogP contribution in [-0.4, -0.2) is 25.3 Å². The molecule has 0 fully saturated rings. The quantitative estimate of drug-likeness (QED) is 0.773. The highest BCUT2D eigenvalue weighted by Gasteiger charge is 2.21. The first-order valence-corrected chi connectivity index (χ1v) is 6.52. The zero-order chi connectivity index (χ0) is 14.4. The number of amides is 1. The molecular formula is C15H22N2O2. The summed E-state index contributed by atoms with van der Waals surface area (Å²) in [7, 11) is 1.84. The molecule has 1 aromatic rings. The molecule has 104 valence electrons. The third-order valence-electron chi connectivity index (χ3n) is 3.12. The number of carbonyl (C=O) groups excluding carboxylic acids is 2. The SMILES string of the molecule is CNCC(C(=O)Nc1ccc(C(C)=O)cc1)C(C)C. The Balaban J connectivity index is 2.72. The summed E-state index contributed by atoms with van der Waals surface area (Å²) in [5.74, 6) is 0.217. The van der Waals surface area contributed by atoms with Crippen LogP contribution in [0.3, 0.4) is 0 Å². The summed E-state index contributed by atoms with van der Waals surface area (Å²) in [6.07, 6.45) is 0. The minimum absolute atomic E-state index is 0.0000694. The summed E-state index contributed by atoms with van der Waals surface area (Å²) in [6, 6.07) is 6.96. The third-order valence-corrected chi connectivity index (χ3v) is 3.12. The lowest BCUT2D eigenvalue weighted by Gasteiger charge is -2.19. The maximum absolute atomic E-state index is 12.1. The molecule has 1 unspecified atom stereocenters. The first-order valence-electron chi connectivity index (χ1n) is 6.52. The normalized spacial score (nSPS) is 12.3. The summed E-state index contributed by atoms with van der Waals surface area (Å²) < 4.78 is 0. The highest BCUT2D eigenvalue weighted by atomic mass is 16.2. The molecule has 0 aliphatic carbocycles. The van der Waals surface area contributed by atoms with Gasteiger partial charge in [0.25, 0.3) is 0 Å². The van der Waals surface area contributed by atoms with Crippen molar-refractivity contribution in [2.75, 3.05) is 18.9 Å². The number of hydrogen-bond acceptors (Lipinski definition) is 3. The smallest absolute Gasteiger partial charge is 0.229 e. The van der Waals surface area contributed by atoms with Crippen molar-refractivity contribution in [2.24, 2.45) is 11.8 Å². The van der Waals surface area contributed by atoms with Crippen LogP contribution in [0.1, 0.15) is 31.1 Å². The molecule has 0 aliphatic heterocycles. The number of anilines is 1. The van der Waals surface area contributed by atoms with E-state index < -0.39 is 0 Å². The minimum Gasteiger partial charge on any atom is -0.326 e. The first-order chi connectivity index (χ1) is 8.95. The van der Waals surface area contributed by atoms with Gasteiger partial charge in [0.1, 0.15) is 0 Å². The second-order valence-corrected chi connectivity index (χ2v) is 5.03. The number of hydrogen-bond donors (Lipinski definition) is 2. The number of benzene rings is 1. The van der Waals surface area contributed by atoms with Crippen molar-refractivity contribution in [1.82, 2.24) is 5.32 Å². The van der Waals surface area contributed by atoms with Crippen molar-refractivity contribution in [1.29, 1.82) is 0 Å². The van der Waals surface area contributed by atoms with Crippen LogP contribution in [0.25, 0.3) is 0 Å². The Kier molecular flexibility index (Phi) is 5.70. The minimum atomic E-state index is -0.0718. The summed E-state index contributed by atoms with van der Waals surface area (Å²) in [5.41, 5.74) is 1.37. The maximum atomic E-state index is 12.1. The van der Waals surface area contributed by atoms with E-state index in [9.17, 15) is 9.59 Å². The fourth-order valence-electron chi connectivity index (χ4n) is 1.87. The van der Waals surface area contributed by atoms with Crippen molar-refractivity contribution >= 4 is 17.4 Å². The predicted octanol–water partition coefficient (Wildman–Crippen LogP) is 2.32. The standard InChI is InChI=1S/C15H22N2O2/c1-10(2)14(9-16-4)15(19)17-13-7-5-12(6-8-13)11(3)18/h5-8,10,14,16H,9H2,1-4H3,(H,17,19). The van der Waals surface area contributed by atoms with Crippen LogP contribution in [0.4, 0.5) is 5.69 Å². The Morgan fingerprint density at radius 1 is 1.16 bits per heavy atom. The average molecular weight is 262 g/mol. The summed E-state index contributed by atoms with van der Waals surface area (Å²) in [4.78, 5) is 23.3. The molecule has 4 heteroatoms. The van der Waals surface area contributed by atoms with Crippen LogP contribution in [0, 0.1) is 11.8 Å². The van der Waals surface area contributed by atoms with Gasteiger partial charge in [0.2, 0.25) is 5.91 Å². The molecule has 4 nitrogen and oxygen atoms in total. The van der Waals surface area contributed by atoms with Crippen molar-refractivity contribution in [3.63, 3.8) is 0 Å². The molecule has 1 aromatic carbocycles. The van der Waals surface area contributed by atoms with E-state index in [4.69, 9.17) is 0 Å².